The maximum absolute atomic E-state index is 12.8. The Labute approximate surface area is 117 Å². The minimum absolute atomic E-state index is 0.0283. The van der Waals surface area contributed by atoms with Gasteiger partial charge < -0.3 is 5.32 Å². The second-order valence-corrected chi connectivity index (χ2v) is 5.60. The number of rotatable bonds is 5. The van der Waals surface area contributed by atoms with Crippen molar-refractivity contribution in [3.63, 3.8) is 0 Å². The Morgan fingerprint density at radius 3 is 2.05 bits per heavy atom. The summed E-state index contributed by atoms with van der Waals surface area (Å²) in [7, 11) is 0. The average molecular weight is 319 g/mol. The first-order chi connectivity index (χ1) is 9.07. The second kappa shape index (κ2) is 6.34. The van der Waals surface area contributed by atoms with Crippen molar-refractivity contribution in [3.8, 4) is 0 Å². The molecule has 1 atom stereocenters. The predicted octanol–water partition coefficient (Wildman–Crippen LogP) is 4.84. The molecule has 1 unspecified atom stereocenters. The highest BCUT2D eigenvalue weighted by atomic mass is 32.1. The molecule has 0 amide bonds. The first-order valence-corrected chi connectivity index (χ1v) is 6.87. The van der Waals surface area contributed by atoms with Crippen LogP contribution in [-0.4, -0.2) is 18.9 Å². The Morgan fingerprint density at radius 2 is 1.70 bits per heavy atom. The molecular formula is C12H15F6NS. The van der Waals surface area contributed by atoms with Gasteiger partial charge in [0.1, 0.15) is 0 Å². The van der Waals surface area contributed by atoms with Gasteiger partial charge in [0, 0.05) is 4.88 Å². The molecule has 1 aromatic rings. The van der Waals surface area contributed by atoms with Crippen molar-refractivity contribution in [2.45, 2.75) is 38.7 Å². The summed E-state index contributed by atoms with van der Waals surface area (Å²) in [6, 6.07) is -0.442. The van der Waals surface area contributed by atoms with Crippen LogP contribution in [-0.2, 0) is 0 Å². The van der Waals surface area contributed by atoms with Crippen LogP contribution < -0.4 is 5.32 Å². The predicted molar refractivity (Wildman–Crippen MR) is 65.7 cm³/mol. The number of hydrogen-bond acceptors (Lipinski definition) is 2. The number of nitrogens with one attached hydrogen (secondary N) is 1. The molecule has 1 rings (SSSR count). The van der Waals surface area contributed by atoms with E-state index in [0.29, 0.717) is 11.3 Å². The van der Waals surface area contributed by atoms with E-state index in [9.17, 15) is 26.3 Å². The summed E-state index contributed by atoms with van der Waals surface area (Å²) in [5.74, 6) is -3.41. The van der Waals surface area contributed by atoms with Gasteiger partial charge in [0.05, 0.1) is 6.04 Å². The van der Waals surface area contributed by atoms with Crippen molar-refractivity contribution in [2.24, 2.45) is 5.92 Å². The van der Waals surface area contributed by atoms with Crippen molar-refractivity contribution in [1.82, 2.24) is 5.32 Å². The lowest BCUT2D eigenvalue weighted by Gasteiger charge is -2.31. The van der Waals surface area contributed by atoms with E-state index in [-0.39, 0.29) is 12.1 Å². The molecule has 8 heteroatoms. The third-order valence-corrected chi connectivity index (χ3v) is 3.64. The lowest BCUT2D eigenvalue weighted by Crippen LogP contribution is -2.46. The normalized spacial score (nSPS) is 14.8. The maximum Gasteiger partial charge on any atom is 0.402 e. The Morgan fingerprint density at radius 1 is 1.15 bits per heavy atom. The molecule has 0 aliphatic carbocycles. The molecule has 0 saturated heterocycles. The van der Waals surface area contributed by atoms with Gasteiger partial charge in [-0.1, -0.05) is 6.92 Å². The smallest absolute Gasteiger partial charge is 0.309 e. The van der Waals surface area contributed by atoms with Crippen LogP contribution in [0.5, 0.6) is 0 Å². The van der Waals surface area contributed by atoms with Crippen LogP contribution in [0.1, 0.15) is 29.8 Å². The van der Waals surface area contributed by atoms with Crippen molar-refractivity contribution < 1.29 is 26.3 Å². The van der Waals surface area contributed by atoms with Crippen LogP contribution >= 0.6 is 11.3 Å². The van der Waals surface area contributed by atoms with Gasteiger partial charge in [-0.25, -0.2) is 0 Å². The minimum atomic E-state index is -5.35. The molecule has 0 radical (unpaired) electrons. The van der Waals surface area contributed by atoms with E-state index >= 15 is 0 Å². The van der Waals surface area contributed by atoms with Gasteiger partial charge in [-0.3, -0.25) is 0 Å². The van der Waals surface area contributed by atoms with E-state index in [1.165, 1.54) is 11.4 Å². The van der Waals surface area contributed by atoms with Crippen LogP contribution in [0.2, 0.25) is 0 Å². The Hall–Kier alpha value is -0.760. The molecule has 0 saturated carbocycles. The molecule has 0 aromatic carbocycles. The van der Waals surface area contributed by atoms with E-state index in [4.69, 9.17) is 0 Å². The Balaban J connectivity index is 3.18. The van der Waals surface area contributed by atoms with E-state index in [2.05, 4.69) is 5.32 Å². The number of hydrogen-bond donors (Lipinski definition) is 1. The first kappa shape index (κ1) is 17.3. The zero-order valence-corrected chi connectivity index (χ0v) is 11.7. The van der Waals surface area contributed by atoms with Gasteiger partial charge in [0.25, 0.3) is 0 Å². The molecule has 0 spiro atoms. The molecule has 116 valence electrons. The molecule has 0 bridgehead atoms. The van der Waals surface area contributed by atoms with Crippen LogP contribution in [0, 0.1) is 12.8 Å². The molecule has 0 aliphatic heterocycles. The largest absolute Gasteiger partial charge is 0.402 e. The second-order valence-electron chi connectivity index (χ2n) is 4.48. The summed E-state index contributed by atoms with van der Waals surface area (Å²) in [5, 5.41) is 3.72. The number of alkyl halides is 6. The van der Waals surface area contributed by atoms with E-state index in [1.54, 1.807) is 13.8 Å². The molecule has 1 N–H and O–H groups in total. The molecule has 1 nitrogen and oxygen atoms in total. The maximum atomic E-state index is 12.8. The van der Waals surface area contributed by atoms with Gasteiger partial charge in [-0.15, -0.1) is 11.3 Å². The lowest BCUT2D eigenvalue weighted by molar-refractivity contribution is -0.292. The Bertz CT molecular complexity index is 408. The zero-order valence-electron chi connectivity index (χ0n) is 10.9. The molecule has 1 heterocycles. The third kappa shape index (κ3) is 4.37. The minimum Gasteiger partial charge on any atom is -0.309 e. The highest BCUT2D eigenvalue weighted by molar-refractivity contribution is 7.10. The van der Waals surface area contributed by atoms with Crippen molar-refractivity contribution >= 4 is 11.3 Å². The van der Waals surface area contributed by atoms with Crippen LogP contribution in [0.4, 0.5) is 26.3 Å². The van der Waals surface area contributed by atoms with Gasteiger partial charge in [0.2, 0.25) is 0 Å². The molecule has 0 fully saturated rings. The highest BCUT2D eigenvalue weighted by Crippen LogP contribution is 2.46. The topological polar surface area (TPSA) is 12.0 Å². The number of thiophene rings is 1. The van der Waals surface area contributed by atoms with Crippen molar-refractivity contribution in [1.29, 1.82) is 0 Å². The fourth-order valence-electron chi connectivity index (χ4n) is 1.92. The summed E-state index contributed by atoms with van der Waals surface area (Å²) >= 11 is 1.13. The SMILES string of the molecule is CCCNC(c1csc(C)c1)C(C(F)(F)F)C(F)(F)F. The Kier molecular flexibility index (Phi) is 5.48. The fourth-order valence-corrected chi connectivity index (χ4v) is 2.66. The molecule has 20 heavy (non-hydrogen) atoms. The average Bonchev–Trinajstić information content (AvgIpc) is 2.67. The quantitative estimate of drug-likeness (QED) is 0.766. The summed E-state index contributed by atoms with van der Waals surface area (Å²) in [6.45, 7) is 3.41. The highest BCUT2D eigenvalue weighted by Gasteiger charge is 2.60. The van der Waals surface area contributed by atoms with Crippen LogP contribution in [0.3, 0.4) is 0 Å². The number of aryl methyl sites for hydroxylation is 1. The first-order valence-electron chi connectivity index (χ1n) is 5.99. The zero-order chi connectivity index (χ0) is 15.6. The van der Waals surface area contributed by atoms with E-state index < -0.39 is 24.3 Å². The van der Waals surface area contributed by atoms with E-state index in [0.717, 1.165) is 11.3 Å². The summed E-state index contributed by atoms with van der Waals surface area (Å²) in [6.07, 6.45) is -10.2. The lowest BCUT2D eigenvalue weighted by atomic mass is 9.93. The summed E-state index contributed by atoms with van der Waals surface area (Å²) in [4.78, 5) is 0.673. The van der Waals surface area contributed by atoms with Gasteiger partial charge in [0.15, 0.2) is 5.92 Å². The fraction of sp³-hybridized carbons (Fsp3) is 0.667. The molecular weight excluding hydrogens is 304 g/mol. The summed E-state index contributed by atoms with van der Waals surface area (Å²) < 4.78 is 77.0. The molecule has 1 aromatic heterocycles. The number of halogens is 6. The molecule has 0 aliphatic rings. The monoisotopic (exact) mass is 319 g/mol. The van der Waals surface area contributed by atoms with Crippen molar-refractivity contribution in [2.75, 3.05) is 6.54 Å². The van der Waals surface area contributed by atoms with Gasteiger partial charge in [-0.05, 0) is 36.9 Å². The van der Waals surface area contributed by atoms with Crippen LogP contribution in [0.25, 0.3) is 0 Å². The van der Waals surface area contributed by atoms with E-state index in [1.807, 2.05) is 0 Å². The van der Waals surface area contributed by atoms with Crippen LogP contribution in [0.15, 0.2) is 11.4 Å². The van der Waals surface area contributed by atoms with Gasteiger partial charge >= 0.3 is 12.4 Å². The van der Waals surface area contributed by atoms with Crippen molar-refractivity contribution in [3.05, 3.63) is 21.9 Å². The standard InChI is InChI=1S/C12H15F6NS/c1-3-4-19-9(8-5-7(2)20-6-8)10(11(13,14)15)12(16,17)18/h5-6,9-10,19H,3-4H2,1-2H3. The summed E-state index contributed by atoms with van der Waals surface area (Å²) in [5.41, 5.74) is 0.0283. The third-order valence-electron chi connectivity index (χ3n) is 2.76. The van der Waals surface area contributed by atoms with Gasteiger partial charge in [-0.2, -0.15) is 26.3 Å².